The Labute approximate surface area is 231 Å². The van der Waals surface area contributed by atoms with Gasteiger partial charge in [0.05, 0.1) is 0 Å². The van der Waals surface area contributed by atoms with Gasteiger partial charge in [-0.3, -0.25) is 0 Å². The average Bonchev–Trinajstić information content (AvgIpc) is 3.30. The lowest BCUT2D eigenvalue weighted by Gasteiger charge is -2.66. The summed E-state index contributed by atoms with van der Waals surface area (Å²) in [6.45, 7) is 33.1. The minimum absolute atomic E-state index is 0.642. The van der Waals surface area contributed by atoms with Gasteiger partial charge in [0, 0.05) is 0 Å². The maximum Gasteiger partial charge on any atom is -0.0258 e. The van der Waals surface area contributed by atoms with Crippen LogP contribution >= 0.6 is 0 Å². The second kappa shape index (κ2) is 15.0. The lowest BCUT2D eigenvalue weighted by atomic mass is 9.38. The smallest absolute Gasteiger partial charge is 0.0258 e. The van der Waals surface area contributed by atoms with Crippen molar-refractivity contribution in [1.82, 2.24) is 0 Å². The highest BCUT2D eigenvalue weighted by Gasteiger charge is 2.64. The highest BCUT2D eigenvalue weighted by molar-refractivity contribution is 5.12. The number of rotatable bonds is 3. The third-order valence-corrected chi connectivity index (χ3v) is 11.9. The van der Waals surface area contributed by atoms with E-state index in [9.17, 15) is 0 Å². The number of hydrogen-bond acceptors (Lipinski definition) is 0. The van der Waals surface area contributed by atoms with E-state index in [1.165, 1.54) is 51.4 Å². The molecular formula is C36H72. The summed E-state index contributed by atoms with van der Waals surface area (Å²) in [4.78, 5) is 0. The van der Waals surface area contributed by atoms with Crippen molar-refractivity contribution in [2.45, 2.75) is 161 Å². The van der Waals surface area contributed by atoms with Gasteiger partial charge in [-0.25, -0.2) is 0 Å². The fraction of sp³-hybridized carbons (Fsp3) is 1.00. The van der Waals surface area contributed by atoms with Crippen LogP contribution in [0.3, 0.4) is 0 Å². The van der Waals surface area contributed by atoms with Gasteiger partial charge < -0.3 is 0 Å². The average molecular weight is 505 g/mol. The molecule has 4 rings (SSSR count). The first-order valence-corrected chi connectivity index (χ1v) is 16.9. The molecule has 36 heavy (non-hydrogen) atoms. The molecule has 4 fully saturated rings. The standard InChI is InChI=1S/C24H42.C7H16.C3H8.C2H6/c1-15(2)18-10-11-20-22(18)16(3)13-21-23(5)12-8-7-9-19(23)17(4)14-24(20,21)6;1-5-7(4)6(2)3;1-3-2;1-2/h15-22H,7-14H2,1-6H3;6-7H,5H2,1-4H3;3H2,1-2H3;1-2H3. The summed E-state index contributed by atoms with van der Waals surface area (Å²) < 4.78 is 0. The molecule has 10 unspecified atom stereocenters. The monoisotopic (exact) mass is 505 g/mol. The van der Waals surface area contributed by atoms with Crippen LogP contribution in [0.5, 0.6) is 0 Å². The van der Waals surface area contributed by atoms with Gasteiger partial charge in [-0.15, -0.1) is 0 Å². The molecule has 0 N–H and O–H groups in total. The zero-order valence-electron chi connectivity index (χ0n) is 27.8. The van der Waals surface area contributed by atoms with E-state index in [2.05, 4.69) is 83.1 Å². The van der Waals surface area contributed by atoms with Crippen molar-refractivity contribution in [3.8, 4) is 0 Å². The maximum atomic E-state index is 2.76. The summed E-state index contributed by atoms with van der Waals surface area (Å²) in [7, 11) is 0. The highest BCUT2D eigenvalue weighted by Crippen LogP contribution is 2.71. The predicted octanol–water partition coefficient (Wildman–Crippen LogP) is 12.3. The minimum atomic E-state index is 0.642. The Hall–Kier alpha value is 0. The molecule has 0 amide bonds. The molecule has 4 saturated carbocycles. The fourth-order valence-electron chi connectivity index (χ4n) is 9.85. The molecule has 4 aliphatic rings. The zero-order valence-corrected chi connectivity index (χ0v) is 27.8. The molecule has 0 aromatic carbocycles. The number of hydrogen-bond donors (Lipinski definition) is 0. The van der Waals surface area contributed by atoms with Crippen LogP contribution in [0.25, 0.3) is 0 Å². The van der Waals surface area contributed by atoms with Crippen LogP contribution in [0.1, 0.15) is 161 Å². The largest absolute Gasteiger partial charge is 0.0683 e. The van der Waals surface area contributed by atoms with E-state index in [4.69, 9.17) is 0 Å². The van der Waals surface area contributed by atoms with Crippen molar-refractivity contribution in [2.75, 3.05) is 0 Å². The van der Waals surface area contributed by atoms with Crippen LogP contribution < -0.4 is 0 Å². The van der Waals surface area contributed by atoms with Crippen molar-refractivity contribution in [3.05, 3.63) is 0 Å². The molecular weight excluding hydrogens is 432 g/mol. The Balaban J connectivity index is 0.000000458. The molecule has 0 bridgehead atoms. The third-order valence-electron chi connectivity index (χ3n) is 11.9. The summed E-state index contributed by atoms with van der Waals surface area (Å²) in [5.41, 5.74) is 1.29. The first kappa shape index (κ1) is 34.0. The number of fused-ring (bicyclic) bond motifs is 5. The second-order valence-electron chi connectivity index (χ2n) is 14.8. The van der Waals surface area contributed by atoms with Crippen LogP contribution in [0.2, 0.25) is 0 Å². The van der Waals surface area contributed by atoms with Gasteiger partial charge in [-0.2, -0.15) is 0 Å². The molecule has 0 saturated heterocycles. The molecule has 0 nitrogen and oxygen atoms in total. The molecule has 0 radical (unpaired) electrons. The highest BCUT2D eigenvalue weighted by atomic mass is 14.7. The molecule has 0 aliphatic heterocycles. The Morgan fingerprint density at radius 3 is 1.81 bits per heavy atom. The Morgan fingerprint density at radius 2 is 1.33 bits per heavy atom. The molecule has 10 atom stereocenters. The molecule has 0 heteroatoms. The van der Waals surface area contributed by atoms with E-state index in [1.54, 1.807) is 12.8 Å². The molecule has 216 valence electrons. The summed E-state index contributed by atoms with van der Waals surface area (Å²) >= 11 is 0. The van der Waals surface area contributed by atoms with Crippen molar-refractivity contribution in [1.29, 1.82) is 0 Å². The topological polar surface area (TPSA) is 0 Å². The summed E-state index contributed by atoms with van der Waals surface area (Å²) in [6, 6.07) is 0. The molecule has 0 aromatic rings. The Morgan fingerprint density at radius 1 is 0.750 bits per heavy atom. The Kier molecular flexibility index (Phi) is 14.1. The van der Waals surface area contributed by atoms with Gasteiger partial charge in [0.15, 0.2) is 0 Å². The van der Waals surface area contributed by atoms with Gasteiger partial charge in [-0.1, -0.05) is 123 Å². The van der Waals surface area contributed by atoms with E-state index in [0.29, 0.717) is 10.8 Å². The van der Waals surface area contributed by atoms with Crippen LogP contribution in [0.15, 0.2) is 0 Å². The van der Waals surface area contributed by atoms with Crippen LogP contribution in [0.4, 0.5) is 0 Å². The Bertz CT molecular complexity index is 589. The van der Waals surface area contributed by atoms with Crippen molar-refractivity contribution < 1.29 is 0 Å². The SMILES string of the molecule is CC.CC(C)C1CCC2C1C(C)CC1C3(C)CCCCC3C(C)CC21C.CCC.CCC(C)C(C)C. The van der Waals surface area contributed by atoms with Crippen LogP contribution in [-0.2, 0) is 0 Å². The lowest BCUT2D eigenvalue weighted by Crippen LogP contribution is -2.59. The van der Waals surface area contributed by atoms with Gasteiger partial charge in [0.25, 0.3) is 0 Å². The van der Waals surface area contributed by atoms with E-state index in [1.807, 2.05) is 13.8 Å². The zero-order chi connectivity index (χ0) is 27.8. The van der Waals surface area contributed by atoms with E-state index >= 15 is 0 Å². The molecule has 0 heterocycles. The van der Waals surface area contributed by atoms with Gasteiger partial charge in [0.1, 0.15) is 0 Å². The van der Waals surface area contributed by atoms with Crippen molar-refractivity contribution in [3.63, 3.8) is 0 Å². The van der Waals surface area contributed by atoms with Crippen LogP contribution in [-0.4, -0.2) is 0 Å². The maximum absolute atomic E-state index is 2.76. The van der Waals surface area contributed by atoms with E-state index in [0.717, 1.165) is 59.2 Å². The quantitative estimate of drug-likeness (QED) is 0.358. The van der Waals surface area contributed by atoms with Crippen molar-refractivity contribution >= 4 is 0 Å². The summed E-state index contributed by atoms with van der Waals surface area (Å²) in [6.07, 6.45) is 14.8. The second-order valence-corrected chi connectivity index (χ2v) is 14.8. The first-order chi connectivity index (χ1) is 16.9. The van der Waals surface area contributed by atoms with E-state index in [-0.39, 0.29) is 0 Å². The van der Waals surface area contributed by atoms with Gasteiger partial charge in [-0.05, 0) is 109 Å². The minimum Gasteiger partial charge on any atom is -0.0683 e. The third kappa shape index (κ3) is 7.14. The lowest BCUT2D eigenvalue weighted by molar-refractivity contribution is -0.177. The molecule has 0 aromatic heterocycles. The van der Waals surface area contributed by atoms with E-state index < -0.39 is 0 Å². The van der Waals surface area contributed by atoms with Gasteiger partial charge >= 0.3 is 0 Å². The molecule has 0 spiro atoms. The summed E-state index contributed by atoms with van der Waals surface area (Å²) in [5.74, 6) is 9.69. The van der Waals surface area contributed by atoms with Gasteiger partial charge in [0.2, 0.25) is 0 Å². The first-order valence-electron chi connectivity index (χ1n) is 16.9. The normalized spacial score (nSPS) is 41.8. The fourth-order valence-corrected chi connectivity index (χ4v) is 9.85. The predicted molar refractivity (Wildman–Crippen MR) is 165 cm³/mol. The molecule has 4 aliphatic carbocycles. The summed E-state index contributed by atoms with van der Waals surface area (Å²) in [5, 5.41) is 0. The van der Waals surface area contributed by atoms with Crippen LogP contribution in [0, 0.1) is 70.0 Å². The van der Waals surface area contributed by atoms with Crippen molar-refractivity contribution in [2.24, 2.45) is 70.0 Å².